The summed E-state index contributed by atoms with van der Waals surface area (Å²) in [6.07, 6.45) is 22.7. The highest BCUT2D eigenvalue weighted by Crippen LogP contribution is 2.12. The summed E-state index contributed by atoms with van der Waals surface area (Å²) < 4.78 is 11.6. The molecule has 0 aromatic rings. The number of hydrogen-bond donors (Lipinski definition) is 4. The number of carbonyl (C=O) groups is 2. The second-order valence-corrected chi connectivity index (χ2v) is 13.3. The minimum absolute atomic E-state index is 0.0419. The van der Waals surface area contributed by atoms with Crippen molar-refractivity contribution >= 4 is 12.2 Å². The molecule has 0 radical (unpaired) electrons. The number of alkyl carbamates (subject to hydrolysis) is 2. The fourth-order valence-corrected chi connectivity index (χ4v) is 5.37. The third-order valence-electron chi connectivity index (χ3n) is 8.25. The lowest BCUT2D eigenvalue weighted by Crippen LogP contribution is -2.50. The second kappa shape index (κ2) is 30.1. The van der Waals surface area contributed by atoms with E-state index in [0.717, 1.165) is 25.7 Å². The van der Waals surface area contributed by atoms with Gasteiger partial charge in [-0.15, -0.1) is 0 Å². The summed E-state index contributed by atoms with van der Waals surface area (Å²) in [5.74, 6) is 0. The van der Waals surface area contributed by atoms with Crippen molar-refractivity contribution in [1.29, 1.82) is 0 Å². The molecule has 0 saturated heterocycles. The fourth-order valence-electron chi connectivity index (χ4n) is 5.37. The molecular formula is C35H72N3O6+. The summed E-state index contributed by atoms with van der Waals surface area (Å²) in [5, 5.41) is 24.6. The molecule has 2 amide bonds. The van der Waals surface area contributed by atoms with Gasteiger partial charge in [-0.2, -0.15) is 0 Å². The number of aliphatic hydroxyl groups is 2. The van der Waals surface area contributed by atoms with Gasteiger partial charge in [0, 0.05) is 19.5 Å². The molecule has 0 bridgehead atoms. The van der Waals surface area contributed by atoms with E-state index < -0.39 is 24.4 Å². The number of amides is 2. The van der Waals surface area contributed by atoms with E-state index in [1.54, 1.807) is 0 Å². The average molecular weight is 631 g/mol. The van der Waals surface area contributed by atoms with Gasteiger partial charge in [-0.25, -0.2) is 9.59 Å². The Labute approximate surface area is 270 Å². The van der Waals surface area contributed by atoms with E-state index in [2.05, 4.69) is 24.5 Å². The van der Waals surface area contributed by atoms with Crippen molar-refractivity contribution < 1.29 is 33.8 Å². The highest BCUT2D eigenvalue weighted by Gasteiger charge is 2.27. The van der Waals surface area contributed by atoms with Crippen molar-refractivity contribution in [1.82, 2.24) is 10.6 Å². The summed E-state index contributed by atoms with van der Waals surface area (Å²) in [7, 11) is 3.93. The minimum atomic E-state index is -0.788. The zero-order chi connectivity index (χ0) is 32.7. The number of quaternary nitrogens is 1. The van der Waals surface area contributed by atoms with Gasteiger partial charge in [0.2, 0.25) is 0 Å². The van der Waals surface area contributed by atoms with Crippen LogP contribution in [0.25, 0.3) is 0 Å². The molecule has 0 aromatic carbocycles. The van der Waals surface area contributed by atoms with Crippen molar-refractivity contribution in [3.05, 3.63) is 0 Å². The maximum atomic E-state index is 12.6. The summed E-state index contributed by atoms with van der Waals surface area (Å²) in [5.41, 5.74) is 0. The van der Waals surface area contributed by atoms with Crippen molar-refractivity contribution in [3.8, 4) is 0 Å². The van der Waals surface area contributed by atoms with Crippen LogP contribution >= 0.6 is 0 Å². The Kier molecular flexibility index (Phi) is 29.0. The van der Waals surface area contributed by atoms with Crippen LogP contribution in [0.5, 0.6) is 0 Å². The summed E-state index contributed by atoms with van der Waals surface area (Å²) in [4.78, 5) is 24.9. The van der Waals surface area contributed by atoms with E-state index in [-0.39, 0.29) is 13.2 Å². The van der Waals surface area contributed by atoms with Gasteiger partial charge in [0.15, 0.2) is 6.10 Å². The van der Waals surface area contributed by atoms with Crippen LogP contribution in [0.4, 0.5) is 9.59 Å². The predicted octanol–water partition coefficient (Wildman–Crippen LogP) is 7.47. The molecule has 2 atom stereocenters. The van der Waals surface area contributed by atoms with Crippen molar-refractivity contribution in [2.45, 2.75) is 161 Å². The summed E-state index contributed by atoms with van der Waals surface area (Å²) in [6.45, 7) is 6.27. The Bertz CT molecular complexity index is 664. The van der Waals surface area contributed by atoms with E-state index in [0.29, 0.717) is 37.1 Å². The monoisotopic (exact) mass is 631 g/mol. The first-order valence-electron chi connectivity index (χ1n) is 18.2. The Morgan fingerprint density at radius 2 is 1.07 bits per heavy atom. The number of nitrogens with zero attached hydrogens (tertiary/aromatic N) is 1. The highest BCUT2D eigenvalue weighted by molar-refractivity contribution is 5.68. The second-order valence-electron chi connectivity index (χ2n) is 13.3. The first kappa shape index (κ1) is 42.4. The molecule has 0 aliphatic heterocycles. The molecule has 2 unspecified atom stereocenters. The molecule has 0 fully saturated rings. The molecule has 0 heterocycles. The molecule has 0 aliphatic rings. The zero-order valence-corrected chi connectivity index (χ0v) is 29.2. The predicted molar refractivity (Wildman–Crippen MR) is 181 cm³/mol. The number of carbonyl (C=O) groups excluding carboxylic acids is 2. The normalized spacial score (nSPS) is 13.0. The van der Waals surface area contributed by atoms with Gasteiger partial charge in [0.25, 0.3) is 0 Å². The standard InChI is InChI=1S/C35H71N3O6/c1-5-7-9-11-13-15-17-19-21-23-26-36-34(41)43-31-33(29-38(3,4)28-25-32(40)30-39)44-35(42)37-27-24-22-20-18-16-14-12-10-8-6-2/h32-33,39-40H,5-31H2,1-4H3,(H-,36,37,41,42)/p+1. The minimum Gasteiger partial charge on any atom is -0.445 e. The number of ether oxygens (including phenoxy) is 2. The van der Waals surface area contributed by atoms with Crippen LogP contribution in [0, 0.1) is 0 Å². The van der Waals surface area contributed by atoms with Gasteiger partial charge in [0.05, 0.1) is 33.4 Å². The molecule has 4 N–H and O–H groups in total. The van der Waals surface area contributed by atoms with E-state index in [9.17, 15) is 14.7 Å². The molecule has 262 valence electrons. The van der Waals surface area contributed by atoms with E-state index in [1.807, 2.05) is 14.1 Å². The van der Waals surface area contributed by atoms with E-state index in [1.165, 1.54) is 103 Å². The summed E-state index contributed by atoms with van der Waals surface area (Å²) in [6, 6.07) is 0. The van der Waals surface area contributed by atoms with Gasteiger partial charge >= 0.3 is 12.2 Å². The van der Waals surface area contributed by atoms with Crippen LogP contribution < -0.4 is 10.6 Å². The Morgan fingerprint density at radius 1 is 0.659 bits per heavy atom. The van der Waals surface area contributed by atoms with Crippen LogP contribution in [0.15, 0.2) is 0 Å². The topological polar surface area (TPSA) is 117 Å². The number of hydrogen-bond acceptors (Lipinski definition) is 6. The van der Waals surface area contributed by atoms with Gasteiger partial charge in [-0.05, 0) is 12.8 Å². The van der Waals surface area contributed by atoms with Crippen LogP contribution in [0.3, 0.4) is 0 Å². The average Bonchev–Trinajstić information content (AvgIpc) is 3.00. The van der Waals surface area contributed by atoms with E-state index >= 15 is 0 Å². The molecule has 0 saturated carbocycles. The highest BCUT2D eigenvalue weighted by atomic mass is 16.6. The number of rotatable bonds is 31. The van der Waals surface area contributed by atoms with Crippen molar-refractivity contribution in [3.63, 3.8) is 0 Å². The lowest BCUT2D eigenvalue weighted by atomic mass is 10.1. The maximum Gasteiger partial charge on any atom is 0.407 e. The van der Waals surface area contributed by atoms with Crippen LogP contribution in [-0.2, 0) is 9.47 Å². The van der Waals surface area contributed by atoms with Crippen LogP contribution in [0.2, 0.25) is 0 Å². The number of unbranched alkanes of at least 4 members (excludes halogenated alkanes) is 18. The fraction of sp³-hybridized carbons (Fsp3) is 0.943. The van der Waals surface area contributed by atoms with Gasteiger partial charge in [-0.1, -0.05) is 129 Å². The van der Waals surface area contributed by atoms with Crippen molar-refractivity contribution in [2.24, 2.45) is 0 Å². The SMILES string of the molecule is CCCCCCCCCCCCNC(=O)OCC(C[N+](C)(C)CCC(O)CO)OC(=O)NCCCCCCCCCCCC. The Balaban J connectivity index is 4.37. The third-order valence-corrected chi connectivity index (χ3v) is 8.25. The molecule has 0 aromatic heterocycles. The lowest BCUT2D eigenvalue weighted by molar-refractivity contribution is -0.893. The van der Waals surface area contributed by atoms with Crippen molar-refractivity contribution in [2.75, 3.05) is 53.5 Å². The zero-order valence-electron chi connectivity index (χ0n) is 29.2. The lowest BCUT2D eigenvalue weighted by Gasteiger charge is -2.33. The largest absolute Gasteiger partial charge is 0.445 e. The number of aliphatic hydroxyl groups excluding tert-OH is 2. The smallest absolute Gasteiger partial charge is 0.407 e. The first-order chi connectivity index (χ1) is 21.2. The number of likely N-dealkylation sites (N-methyl/N-ethyl adjacent to an activating group) is 1. The molecule has 44 heavy (non-hydrogen) atoms. The third kappa shape index (κ3) is 29.1. The van der Waals surface area contributed by atoms with Gasteiger partial charge in [-0.3, -0.25) is 0 Å². The van der Waals surface area contributed by atoms with Gasteiger partial charge in [0.1, 0.15) is 13.2 Å². The Morgan fingerprint density at radius 3 is 1.50 bits per heavy atom. The van der Waals surface area contributed by atoms with E-state index in [4.69, 9.17) is 14.6 Å². The molecule has 9 heteroatoms. The van der Waals surface area contributed by atoms with Gasteiger partial charge < -0.3 is 34.8 Å². The molecule has 0 aliphatic carbocycles. The maximum absolute atomic E-state index is 12.6. The van der Waals surface area contributed by atoms with Crippen LogP contribution in [0.1, 0.15) is 149 Å². The summed E-state index contributed by atoms with van der Waals surface area (Å²) >= 11 is 0. The Hall–Kier alpha value is -1.58. The quantitative estimate of drug-likeness (QED) is 0.0466. The number of nitrogens with one attached hydrogen (secondary N) is 2. The molecule has 0 spiro atoms. The molecular weight excluding hydrogens is 558 g/mol. The first-order valence-corrected chi connectivity index (χ1v) is 18.2. The van der Waals surface area contributed by atoms with Crippen LogP contribution in [-0.4, -0.2) is 92.6 Å². The molecule has 9 nitrogen and oxygen atoms in total. The molecule has 0 rings (SSSR count).